The van der Waals surface area contributed by atoms with Crippen molar-refractivity contribution in [2.45, 2.75) is 6.92 Å². The molecule has 0 bridgehead atoms. The fourth-order valence-corrected chi connectivity index (χ4v) is 3.17. The highest BCUT2D eigenvalue weighted by atomic mass is 32.1. The summed E-state index contributed by atoms with van der Waals surface area (Å²) < 4.78 is 11.0. The third-order valence-electron chi connectivity index (χ3n) is 3.46. The van der Waals surface area contributed by atoms with Crippen LogP contribution in [0.4, 0.5) is 15.6 Å². The largest absolute Gasteiger partial charge is 0.494 e. The van der Waals surface area contributed by atoms with Crippen LogP contribution < -0.4 is 15.4 Å². The number of nitrogens with one attached hydrogen (secondary N) is 2. The Kier molecular flexibility index (Phi) is 5.33. The summed E-state index contributed by atoms with van der Waals surface area (Å²) in [7, 11) is 1.32. The summed E-state index contributed by atoms with van der Waals surface area (Å²) in [5.41, 5.74) is 1.75. The van der Waals surface area contributed by atoms with Crippen molar-refractivity contribution in [3.8, 4) is 5.75 Å². The van der Waals surface area contributed by atoms with Crippen molar-refractivity contribution in [1.82, 2.24) is 4.98 Å². The van der Waals surface area contributed by atoms with E-state index in [9.17, 15) is 9.59 Å². The normalized spacial score (nSPS) is 10.4. The van der Waals surface area contributed by atoms with Crippen molar-refractivity contribution in [2.75, 3.05) is 24.4 Å². The first-order valence-electron chi connectivity index (χ1n) is 7.89. The van der Waals surface area contributed by atoms with E-state index in [1.165, 1.54) is 18.4 Å². The second-order valence-corrected chi connectivity index (χ2v) is 6.26. The maximum Gasteiger partial charge on any atom is 0.337 e. The number of aromatic nitrogens is 1. The molecule has 2 N–H and O–H groups in total. The molecular formula is C18H17N3O4S. The molecule has 0 spiro atoms. The molecule has 0 saturated heterocycles. The molecule has 0 atom stereocenters. The Morgan fingerprint density at radius 1 is 1.12 bits per heavy atom. The number of nitrogens with zero attached hydrogens (tertiary/aromatic N) is 1. The average Bonchev–Trinajstić information content (AvgIpc) is 3.03. The number of rotatable bonds is 5. The third-order valence-corrected chi connectivity index (χ3v) is 4.39. The van der Waals surface area contributed by atoms with E-state index in [1.54, 1.807) is 24.3 Å². The smallest absolute Gasteiger partial charge is 0.337 e. The molecule has 26 heavy (non-hydrogen) atoms. The molecule has 3 rings (SSSR count). The number of benzene rings is 2. The number of carbonyl (C=O) groups is 2. The molecule has 0 aliphatic heterocycles. The van der Waals surface area contributed by atoms with Gasteiger partial charge in [-0.25, -0.2) is 14.6 Å². The van der Waals surface area contributed by atoms with E-state index >= 15 is 0 Å². The van der Waals surface area contributed by atoms with Gasteiger partial charge in [-0.15, -0.1) is 0 Å². The summed E-state index contributed by atoms with van der Waals surface area (Å²) >= 11 is 1.36. The van der Waals surface area contributed by atoms with Gasteiger partial charge in [-0.2, -0.15) is 0 Å². The Hall–Kier alpha value is -3.13. The number of esters is 1. The molecular weight excluding hydrogens is 354 g/mol. The minimum Gasteiger partial charge on any atom is -0.494 e. The van der Waals surface area contributed by atoms with Crippen molar-refractivity contribution in [3.05, 3.63) is 48.0 Å². The monoisotopic (exact) mass is 371 g/mol. The van der Waals surface area contributed by atoms with Crippen LogP contribution in [-0.4, -0.2) is 30.7 Å². The second-order valence-electron chi connectivity index (χ2n) is 5.23. The van der Waals surface area contributed by atoms with Crippen LogP contribution >= 0.6 is 11.3 Å². The number of fused-ring (bicyclic) bond motifs is 1. The number of ether oxygens (including phenoxy) is 2. The summed E-state index contributed by atoms with van der Waals surface area (Å²) in [5, 5.41) is 5.88. The quantitative estimate of drug-likeness (QED) is 0.658. The van der Waals surface area contributed by atoms with Gasteiger partial charge in [-0.05, 0) is 49.4 Å². The van der Waals surface area contributed by atoms with E-state index in [1.807, 2.05) is 25.1 Å². The number of urea groups is 1. The summed E-state index contributed by atoms with van der Waals surface area (Å²) in [5.74, 6) is 0.340. The average molecular weight is 371 g/mol. The SMILES string of the molecule is CCOc1ccc2nc(NC(=O)Nc3ccc(C(=O)OC)cc3)sc2c1. The Bertz CT molecular complexity index is 937. The van der Waals surface area contributed by atoms with Gasteiger partial charge in [0.1, 0.15) is 5.75 Å². The molecule has 2 amide bonds. The summed E-state index contributed by atoms with van der Waals surface area (Å²) in [6.07, 6.45) is 0. The van der Waals surface area contributed by atoms with Crippen LogP contribution in [0, 0.1) is 0 Å². The molecule has 0 saturated carbocycles. The highest BCUT2D eigenvalue weighted by molar-refractivity contribution is 7.22. The number of methoxy groups -OCH3 is 1. The van der Waals surface area contributed by atoms with Gasteiger partial charge in [0.25, 0.3) is 0 Å². The van der Waals surface area contributed by atoms with E-state index in [4.69, 9.17) is 4.74 Å². The molecule has 0 aliphatic carbocycles. The molecule has 0 radical (unpaired) electrons. The molecule has 0 aliphatic rings. The van der Waals surface area contributed by atoms with Gasteiger partial charge in [-0.1, -0.05) is 11.3 Å². The zero-order chi connectivity index (χ0) is 18.5. The van der Waals surface area contributed by atoms with Crippen LogP contribution in [-0.2, 0) is 4.74 Å². The summed E-state index contributed by atoms with van der Waals surface area (Å²) in [4.78, 5) is 27.9. The number of hydrogen-bond acceptors (Lipinski definition) is 6. The van der Waals surface area contributed by atoms with Crippen molar-refractivity contribution < 1.29 is 19.1 Å². The first-order chi connectivity index (χ1) is 12.6. The lowest BCUT2D eigenvalue weighted by molar-refractivity contribution is 0.0600. The maximum absolute atomic E-state index is 12.1. The van der Waals surface area contributed by atoms with Crippen molar-refractivity contribution >= 4 is 44.4 Å². The van der Waals surface area contributed by atoms with E-state index in [-0.39, 0.29) is 0 Å². The number of carbonyl (C=O) groups excluding carboxylic acids is 2. The van der Waals surface area contributed by atoms with Gasteiger partial charge < -0.3 is 14.8 Å². The molecule has 3 aromatic rings. The summed E-state index contributed by atoms with van der Waals surface area (Å²) in [6, 6.07) is 11.6. The lowest BCUT2D eigenvalue weighted by Gasteiger charge is -2.06. The Morgan fingerprint density at radius 3 is 2.58 bits per heavy atom. The van der Waals surface area contributed by atoms with Gasteiger partial charge in [0.05, 0.1) is 29.5 Å². The second kappa shape index (κ2) is 7.83. The molecule has 2 aromatic carbocycles. The minimum absolute atomic E-state index is 0.412. The fraction of sp³-hybridized carbons (Fsp3) is 0.167. The lowest BCUT2D eigenvalue weighted by atomic mass is 10.2. The third kappa shape index (κ3) is 4.09. The topological polar surface area (TPSA) is 89.5 Å². The van der Waals surface area contributed by atoms with Gasteiger partial charge in [-0.3, -0.25) is 5.32 Å². The van der Waals surface area contributed by atoms with Crippen LogP contribution in [0.25, 0.3) is 10.2 Å². The number of amides is 2. The zero-order valence-electron chi connectivity index (χ0n) is 14.2. The highest BCUT2D eigenvalue weighted by Gasteiger charge is 2.10. The van der Waals surface area contributed by atoms with Gasteiger partial charge >= 0.3 is 12.0 Å². The molecule has 0 fully saturated rings. The van der Waals surface area contributed by atoms with Crippen LogP contribution in [0.1, 0.15) is 17.3 Å². The number of hydrogen-bond donors (Lipinski definition) is 2. The molecule has 1 heterocycles. The van der Waals surface area contributed by atoms with Crippen LogP contribution in [0.15, 0.2) is 42.5 Å². The Balaban J connectivity index is 1.66. The maximum atomic E-state index is 12.1. The van der Waals surface area contributed by atoms with Crippen LogP contribution in [0.5, 0.6) is 5.75 Å². The summed E-state index contributed by atoms with van der Waals surface area (Å²) in [6.45, 7) is 2.51. The van der Waals surface area contributed by atoms with Crippen molar-refractivity contribution in [3.63, 3.8) is 0 Å². The lowest BCUT2D eigenvalue weighted by Crippen LogP contribution is -2.19. The Morgan fingerprint density at radius 2 is 1.88 bits per heavy atom. The standard InChI is InChI=1S/C18H17N3O4S/c1-3-25-13-8-9-14-15(10-13)26-18(20-14)21-17(23)19-12-6-4-11(5-7-12)16(22)24-2/h4-10H,3H2,1-2H3,(H2,19,20,21,23). The van der Waals surface area contributed by atoms with E-state index in [2.05, 4.69) is 20.4 Å². The van der Waals surface area contributed by atoms with Crippen molar-refractivity contribution in [2.24, 2.45) is 0 Å². The molecule has 0 unspecified atom stereocenters. The Labute approximate surface area is 154 Å². The van der Waals surface area contributed by atoms with Gasteiger partial charge in [0, 0.05) is 5.69 Å². The molecule has 134 valence electrons. The van der Waals surface area contributed by atoms with E-state index < -0.39 is 12.0 Å². The van der Waals surface area contributed by atoms with E-state index in [0.29, 0.717) is 23.0 Å². The van der Waals surface area contributed by atoms with Gasteiger partial charge in [0.2, 0.25) is 0 Å². The number of anilines is 2. The predicted octanol–water partition coefficient (Wildman–Crippen LogP) is 4.13. The minimum atomic E-state index is -0.429. The molecule has 7 nitrogen and oxygen atoms in total. The van der Waals surface area contributed by atoms with Crippen LogP contribution in [0.3, 0.4) is 0 Å². The fourth-order valence-electron chi connectivity index (χ4n) is 2.28. The van der Waals surface area contributed by atoms with E-state index in [0.717, 1.165) is 16.0 Å². The first-order valence-corrected chi connectivity index (χ1v) is 8.70. The molecule has 8 heteroatoms. The van der Waals surface area contributed by atoms with Crippen LogP contribution in [0.2, 0.25) is 0 Å². The van der Waals surface area contributed by atoms with Crippen molar-refractivity contribution in [1.29, 1.82) is 0 Å². The predicted molar refractivity (Wildman–Crippen MR) is 101 cm³/mol. The molecule has 1 aromatic heterocycles. The van der Waals surface area contributed by atoms with Gasteiger partial charge in [0.15, 0.2) is 5.13 Å². The first kappa shape index (κ1) is 17.7. The zero-order valence-corrected chi connectivity index (χ0v) is 15.1. The number of thiazole rings is 1. The highest BCUT2D eigenvalue weighted by Crippen LogP contribution is 2.29.